The van der Waals surface area contributed by atoms with Crippen LogP contribution in [-0.4, -0.2) is 38.0 Å². The lowest BCUT2D eigenvalue weighted by molar-refractivity contribution is -0.0586. The van der Waals surface area contributed by atoms with Gasteiger partial charge >= 0.3 is 0 Å². The van der Waals surface area contributed by atoms with Crippen molar-refractivity contribution in [1.82, 2.24) is 4.31 Å². The van der Waals surface area contributed by atoms with Crippen molar-refractivity contribution in [1.29, 1.82) is 0 Å². The standard InChI is InChI=1S/C15H21NO3S/c1-12-5-4-6-13(11-12)20(17,18)16-9-10-19-15-8-3-2-7-14(15)16/h4-6,11,14-15H,2-3,7-10H2,1H3. The summed E-state index contributed by atoms with van der Waals surface area (Å²) in [5.41, 5.74) is 0.972. The largest absolute Gasteiger partial charge is 0.375 e. The summed E-state index contributed by atoms with van der Waals surface area (Å²) in [6.07, 6.45) is 4.20. The maximum atomic E-state index is 12.9. The van der Waals surface area contributed by atoms with Gasteiger partial charge in [-0.05, 0) is 37.5 Å². The molecule has 1 aliphatic carbocycles. The lowest BCUT2D eigenvalue weighted by Crippen LogP contribution is -2.54. The van der Waals surface area contributed by atoms with E-state index in [-0.39, 0.29) is 12.1 Å². The van der Waals surface area contributed by atoms with Gasteiger partial charge in [-0.2, -0.15) is 4.31 Å². The third-order valence-electron chi connectivity index (χ3n) is 4.28. The molecule has 2 atom stereocenters. The van der Waals surface area contributed by atoms with E-state index >= 15 is 0 Å². The molecule has 1 saturated heterocycles. The third kappa shape index (κ3) is 2.50. The number of nitrogens with zero attached hydrogens (tertiary/aromatic N) is 1. The first-order valence-electron chi connectivity index (χ1n) is 7.29. The number of sulfonamides is 1. The molecule has 0 spiro atoms. The van der Waals surface area contributed by atoms with Gasteiger partial charge in [-0.25, -0.2) is 8.42 Å². The van der Waals surface area contributed by atoms with E-state index in [1.165, 1.54) is 0 Å². The molecule has 2 aliphatic rings. The van der Waals surface area contributed by atoms with E-state index in [9.17, 15) is 8.42 Å². The van der Waals surface area contributed by atoms with Gasteiger partial charge in [0.1, 0.15) is 0 Å². The summed E-state index contributed by atoms with van der Waals surface area (Å²) in [7, 11) is -3.40. The molecule has 3 rings (SSSR count). The molecule has 5 heteroatoms. The molecule has 0 bridgehead atoms. The molecule has 2 fully saturated rings. The van der Waals surface area contributed by atoms with Crippen molar-refractivity contribution in [2.24, 2.45) is 0 Å². The molecule has 0 aromatic heterocycles. The molecule has 1 aliphatic heterocycles. The topological polar surface area (TPSA) is 46.6 Å². The zero-order valence-corrected chi connectivity index (χ0v) is 12.6. The highest BCUT2D eigenvalue weighted by atomic mass is 32.2. The normalized spacial score (nSPS) is 28.1. The Morgan fingerprint density at radius 1 is 1.25 bits per heavy atom. The van der Waals surface area contributed by atoms with E-state index in [1.54, 1.807) is 22.5 Å². The molecule has 20 heavy (non-hydrogen) atoms. The van der Waals surface area contributed by atoms with Crippen LogP contribution in [0.25, 0.3) is 0 Å². The predicted molar refractivity (Wildman–Crippen MR) is 77.1 cm³/mol. The van der Waals surface area contributed by atoms with Gasteiger partial charge < -0.3 is 4.74 Å². The first kappa shape index (κ1) is 14.0. The predicted octanol–water partition coefficient (Wildman–Crippen LogP) is 2.33. The lowest BCUT2D eigenvalue weighted by atomic mass is 9.91. The van der Waals surface area contributed by atoms with Gasteiger partial charge in [-0.1, -0.05) is 25.0 Å². The molecule has 0 N–H and O–H groups in total. The summed E-state index contributed by atoms with van der Waals surface area (Å²) in [6, 6.07) is 7.18. The van der Waals surface area contributed by atoms with Crippen molar-refractivity contribution in [2.45, 2.75) is 49.6 Å². The smallest absolute Gasteiger partial charge is 0.243 e. The Kier molecular flexibility index (Phi) is 3.84. The molecule has 110 valence electrons. The van der Waals surface area contributed by atoms with Crippen LogP contribution in [0.5, 0.6) is 0 Å². The van der Waals surface area contributed by atoms with Gasteiger partial charge in [0.15, 0.2) is 0 Å². The van der Waals surface area contributed by atoms with Gasteiger partial charge in [-0.3, -0.25) is 0 Å². The Morgan fingerprint density at radius 3 is 2.85 bits per heavy atom. The van der Waals surface area contributed by atoms with Crippen molar-refractivity contribution >= 4 is 10.0 Å². The summed E-state index contributed by atoms with van der Waals surface area (Å²) in [5, 5.41) is 0. The summed E-state index contributed by atoms with van der Waals surface area (Å²) >= 11 is 0. The molecule has 1 aromatic rings. The van der Waals surface area contributed by atoms with Gasteiger partial charge in [0, 0.05) is 6.54 Å². The highest BCUT2D eigenvalue weighted by Gasteiger charge is 2.40. The molecule has 1 aromatic carbocycles. The Morgan fingerprint density at radius 2 is 2.05 bits per heavy atom. The summed E-state index contributed by atoms with van der Waals surface area (Å²) < 4.78 is 33.2. The second kappa shape index (κ2) is 5.47. The minimum Gasteiger partial charge on any atom is -0.375 e. The molecular formula is C15H21NO3S. The van der Waals surface area contributed by atoms with Crippen LogP contribution in [-0.2, 0) is 14.8 Å². The van der Waals surface area contributed by atoms with E-state index in [4.69, 9.17) is 4.74 Å². The van der Waals surface area contributed by atoms with E-state index in [2.05, 4.69) is 0 Å². The van der Waals surface area contributed by atoms with Gasteiger partial charge in [0.2, 0.25) is 10.0 Å². The average Bonchev–Trinajstić information content (AvgIpc) is 2.46. The molecule has 0 amide bonds. The number of aryl methyl sites for hydroxylation is 1. The third-order valence-corrected chi connectivity index (χ3v) is 6.20. The molecule has 2 unspecified atom stereocenters. The van der Waals surface area contributed by atoms with E-state index in [0.717, 1.165) is 31.2 Å². The molecular weight excluding hydrogens is 274 g/mol. The molecule has 0 radical (unpaired) electrons. The molecule has 4 nitrogen and oxygen atoms in total. The highest BCUT2D eigenvalue weighted by Crippen LogP contribution is 2.32. The van der Waals surface area contributed by atoms with Crippen LogP contribution in [0.4, 0.5) is 0 Å². The number of rotatable bonds is 2. The zero-order chi connectivity index (χ0) is 14.2. The summed E-state index contributed by atoms with van der Waals surface area (Å²) in [4.78, 5) is 0.406. The maximum Gasteiger partial charge on any atom is 0.243 e. The average molecular weight is 295 g/mol. The second-order valence-corrected chi connectivity index (χ2v) is 7.58. The second-order valence-electron chi connectivity index (χ2n) is 5.69. The fourth-order valence-corrected chi connectivity index (χ4v) is 5.04. The van der Waals surface area contributed by atoms with Gasteiger partial charge in [-0.15, -0.1) is 0 Å². The van der Waals surface area contributed by atoms with E-state index in [1.807, 2.05) is 13.0 Å². The van der Waals surface area contributed by atoms with E-state index in [0.29, 0.717) is 18.0 Å². The fraction of sp³-hybridized carbons (Fsp3) is 0.600. The zero-order valence-electron chi connectivity index (χ0n) is 11.8. The Bertz CT molecular complexity index is 583. The van der Waals surface area contributed by atoms with Crippen LogP contribution in [0.1, 0.15) is 31.2 Å². The quantitative estimate of drug-likeness (QED) is 0.841. The first-order valence-corrected chi connectivity index (χ1v) is 8.73. The minimum absolute atomic E-state index is 0.0167. The first-order chi connectivity index (χ1) is 9.59. The van der Waals surface area contributed by atoms with Crippen molar-refractivity contribution in [3.05, 3.63) is 29.8 Å². The van der Waals surface area contributed by atoms with E-state index < -0.39 is 10.0 Å². The van der Waals surface area contributed by atoms with Crippen molar-refractivity contribution in [3.8, 4) is 0 Å². The Balaban J connectivity index is 1.93. The van der Waals surface area contributed by atoms with Crippen LogP contribution in [0, 0.1) is 6.92 Å². The Hall–Kier alpha value is -0.910. The lowest BCUT2D eigenvalue weighted by Gasteiger charge is -2.42. The fourth-order valence-electron chi connectivity index (χ4n) is 3.27. The monoisotopic (exact) mass is 295 g/mol. The minimum atomic E-state index is -3.40. The number of benzene rings is 1. The van der Waals surface area contributed by atoms with Gasteiger partial charge in [0.05, 0.1) is 23.6 Å². The maximum absolute atomic E-state index is 12.9. The van der Waals surface area contributed by atoms with Crippen LogP contribution in [0.15, 0.2) is 29.2 Å². The number of ether oxygens (including phenoxy) is 1. The molecule has 1 heterocycles. The highest BCUT2D eigenvalue weighted by molar-refractivity contribution is 7.89. The number of hydrogen-bond acceptors (Lipinski definition) is 3. The van der Waals surface area contributed by atoms with Crippen LogP contribution >= 0.6 is 0 Å². The summed E-state index contributed by atoms with van der Waals surface area (Å²) in [5.74, 6) is 0. The van der Waals surface area contributed by atoms with Crippen molar-refractivity contribution in [2.75, 3.05) is 13.2 Å². The number of fused-ring (bicyclic) bond motifs is 1. The number of hydrogen-bond donors (Lipinski definition) is 0. The SMILES string of the molecule is Cc1cccc(S(=O)(=O)N2CCOC3CCCCC32)c1. The van der Waals surface area contributed by atoms with Crippen molar-refractivity contribution < 1.29 is 13.2 Å². The van der Waals surface area contributed by atoms with Crippen molar-refractivity contribution in [3.63, 3.8) is 0 Å². The Labute approximate surface area is 120 Å². The van der Waals surface area contributed by atoms with Crippen LogP contribution in [0.3, 0.4) is 0 Å². The summed E-state index contributed by atoms with van der Waals surface area (Å²) in [6.45, 7) is 2.89. The molecule has 1 saturated carbocycles. The van der Waals surface area contributed by atoms with Crippen LogP contribution in [0.2, 0.25) is 0 Å². The van der Waals surface area contributed by atoms with Gasteiger partial charge in [0.25, 0.3) is 0 Å². The van der Waals surface area contributed by atoms with Crippen LogP contribution < -0.4 is 0 Å². The number of morpholine rings is 1.